The fraction of sp³-hybridized carbons (Fsp3) is 0.583. The van der Waals surface area contributed by atoms with Gasteiger partial charge in [0.25, 0.3) is 0 Å². The molecule has 5 atom stereocenters. The minimum Gasteiger partial charge on any atom is -0.483 e. The third-order valence-corrected chi connectivity index (χ3v) is 11.6. The average molecular weight is 670 g/mol. The predicted molar refractivity (Wildman–Crippen MR) is 174 cm³/mol. The van der Waals surface area contributed by atoms with Crippen LogP contribution in [-0.2, 0) is 37.4 Å². The number of benzene rings is 2. The number of rotatable bonds is 9. The van der Waals surface area contributed by atoms with Crippen molar-refractivity contribution >= 4 is 41.0 Å². The molecule has 3 aliphatic carbocycles. The molecular formula is C36H42Cl2N2O6. The summed E-state index contributed by atoms with van der Waals surface area (Å²) in [5.41, 5.74) is 1.38. The van der Waals surface area contributed by atoms with Gasteiger partial charge in [0, 0.05) is 32.5 Å². The Labute approximate surface area is 280 Å². The minimum absolute atomic E-state index is 0.0127. The third kappa shape index (κ3) is 5.10. The number of likely N-dealkylation sites (tertiary alicyclic amines) is 1. The largest absolute Gasteiger partial charge is 0.483 e. The van der Waals surface area contributed by atoms with Crippen LogP contribution in [0.2, 0.25) is 10.0 Å². The van der Waals surface area contributed by atoms with Crippen LogP contribution in [0.5, 0.6) is 11.5 Å². The Morgan fingerprint density at radius 3 is 2.50 bits per heavy atom. The second-order valence-electron chi connectivity index (χ2n) is 14.4. The Bertz CT molecular complexity index is 1590. The van der Waals surface area contributed by atoms with E-state index in [1.165, 1.54) is 26.7 Å². The maximum absolute atomic E-state index is 14.3. The zero-order valence-electron chi connectivity index (χ0n) is 26.9. The Morgan fingerprint density at radius 2 is 1.83 bits per heavy atom. The van der Waals surface area contributed by atoms with Gasteiger partial charge in [-0.1, -0.05) is 49.2 Å². The summed E-state index contributed by atoms with van der Waals surface area (Å²) in [6.45, 7) is 9.48. The van der Waals surface area contributed by atoms with E-state index in [-0.39, 0.29) is 36.3 Å². The highest BCUT2D eigenvalue weighted by Crippen LogP contribution is 2.67. The molecule has 2 aliphatic heterocycles. The molecule has 2 aromatic carbocycles. The molecule has 8 nitrogen and oxygen atoms in total. The van der Waals surface area contributed by atoms with Crippen LogP contribution < -0.4 is 9.47 Å². The number of amides is 1. The van der Waals surface area contributed by atoms with Gasteiger partial charge in [0.1, 0.15) is 11.7 Å². The first kappa shape index (κ1) is 31.8. The lowest BCUT2D eigenvalue weighted by Gasteiger charge is -2.65. The Morgan fingerprint density at radius 1 is 1.04 bits per heavy atom. The van der Waals surface area contributed by atoms with Crippen LogP contribution in [0.3, 0.4) is 0 Å². The van der Waals surface area contributed by atoms with Crippen LogP contribution in [-0.4, -0.2) is 71.1 Å². The van der Waals surface area contributed by atoms with E-state index in [0.29, 0.717) is 53.3 Å². The van der Waals surface area contributed by atoms with E-state index in [0.717, 1.165) is 36.2 Å². The minimum atomic E-state index is -0.837. The molecule has 0 radical (unpaired) electrons. The SMILES string of the molecule is CC(=O)Oc1ccc2c3c1O[C@H]1[C@@H](N(CC(C)C)C(=O)Cc4ccc(Cl)c(Cl)c4)CC[C@@]4(OC(C)=O)[C@@H](C2)N(CC2CC2)CC[C@]314. The van der Waals surface area contributed by atoms with E-state index >= 15 is 0 Å². The third-order valence-electron chi connectivity index (χ3n) is 10.9. The summed E-state index contributed by atoms with van der Waals surface area (Å²) in [4.78, 5) is 44.2. The van der Waals surface area contributed by atoms with Crippen molar-refractivity contribution < 1.29 is 28.6 Å². The van der Waals surface area contributed by atoms with E-state index in [2.05, 4.69) is 24.8 Å². The van der Waals surface area contributed by atoms with Crippen molar-refractivity contribution in [3.63, 3.8) is 0 Å². The number of ether oxygens (including phenoxy) is 3. The van der Waals surface area contributed by atoms with Crippen LogP contribution in [0.25, 0.3) is 0 Å². The summed E-state index contributed by atoms with van der Waals surface area (Å²) in [6, 6.07) is 8.90. The number of hydrogen-bond donors (Lipinski definition) is 0. The standard InChI is InChI=1S/C36H42Cl2N2O6/c1-20(2)18-40(31(43)16-24-7-9-26(37)27(38)15-24)28-11-12-36(46-22(4)42)30-17-25-8-10-29(44-21(3)41)33-32(25)35(36,34(28)45-33)13-14-39(30)19-23-5-6-23/h7-10,15,20,23,28,30,34H,5-6,11-14,16-19H2,1-4H3/t28-,30+,34-,35-,36+/m0/s1. The van der Waals surface area contributed by atoms with E-state index < -0.39 is 23.1 Å². The smallest absolute Gasteiger partial charge is 0.308 e. The van der Waals surface area contributed by atoms with E-state index in [9.17, 15) is 14.4 Å². The van der Waals surface area contributed by atoms with Crippen LogP contribution in [0.4, 0.5) is 0 Å². The van der Waals surface area contributed by atoms with Gasteiger partial charge in [0.05, 0.1) is 34.0 Å². The molecule has 2 bridgehead atoms. The Hall–Kier alpha value is -2.81. The highest BCUT2D eigenvalue weighted by atomic mass is 35.5. The van der Waals surface area contributed by atoms with Gasteiger partial charge < -0.3 is 19.1 Å². The molecule has 2 heterocycles. The average Bonchev–Trinajstić information content (AvgIpc) is 3.73. The molecule has 0 unspecified atom stereocenters. The number of carbonyl (C=O) groups excluding carboxylic acids is 3. The molecule has 10 heteroatoms. The van der Waals surface area contributed by atoms with Crippen LogP contribution in [0, 0.1) is 11.8 Å². The van der Waals surface area contributed by atoms with Crippen LogP contribution in [0.1, 0.15) is 76.5 Å². The number of piperidine rings is 1. The van der Waals surface area contributed by atoms with Gasteiger partial charge in [0.15, 0.2) is 11.5 Å². The Kier molecular flexibility index (Phi) is 8.09. The van der Waals surface area contributed by atoms with Gasteiger partial charge in [-0.15, -0.1) is 0 Å². The fourth-order valence-corrected chi connectivity index (χ4v) is 9.50. The zero-order valence-corrected chi connectivity index (χ0v) is 28.5. The highest BCUT2D eigenvalue weighted by molar-refractivity contribution is 6.42. The first-order valence-electron chi connectivity index (χ1n) is 16.6. The van der Waals surface area contributed by atoms with Crippen molar-refractivity contribution in [2.45, 2.75) is 102 Å². The summed E-state index contributed by atoms with van der Waals surface area (Å²) in [5, 5.41) is 0.859. The van der Waals surface area contributed by atoms with Gasteiger partial charge in [-0.25, -0.2) is 0 Å². The summed E-state index contributed by atoms with van der Waals surface area (Å²) in [6.07, 6.45) is 4.80. The summed E-state index contributed by atoms with van der Waals surface area (Å²) < 4.78 is 19.4. The van der Waals surface area contributed by atoms with E-state index in [4.69, 9.17) is 37.4 Å². The molecule has 1 spiro atoms. The number of hydrogen-bond acceptors (Lipinski definition) is 7. The molecule has 2 saturated carbocycles. The highest BCUT2D eigenvalue weighted by Gasteiger charge is 2.76. The molecule has 7 rings (SSSR count). The van der Waals surface area contributed by atoms with Crippen LogP contribution in [0.15, 0.2) is 30.3 Å². The first-order valence-corrected chi connectivity index (χ1v) is 17.4. The second kappa shape index (κ2) is 11.7. The van der Waals surface area contributed by atoms with E-state index in [1.54, 1.807) is 12.1 Å². The van der Waals surface area contributed by atoms with E-state index in [1.807, 2.05) is 17.0 Å². The maximum atomic E-state index is 14.3. The van der Waals surface area contributed by atoms with Gasteiger partial charge in [-0.2, -0.15) is 0 Å². The molecule has 0 N–H and O–H groups in total. The number of halogens is 2. The summed E-state index contributed by atoms with van der Waals surface area (Å²) >= 11 is 12.5. The summed E-state index contributed by atoms with van der Waals surface area (Å²) in [5.74, 6) is 1.05. The topological polar surface area (TPSA) is 85.4 Å². The molecule has 2 aromatic rings. The van der Waals surface area contributed by atoms with Gasteiger partial charge in [-0.05, 0) is 86.2 Å². The van der Waals surface area contributed by atoms with Crippen molar-refractivity contribution in [3.8, 4) is 11.5 Å². The molecular weight excluding hydrogens is 627 g/mol. The zero-order chi connectivity index (χ0) is 32.5. The molecule has 3 fully saturated rings. The lowest BCUT2D eigenvalue weighted by Crippen LogP contribution is -2.79. The normalized spacial score (nSPS) is 29.2. The van der Waals surface area contributed by atoms with Crippen LogP contribution >= 0.6 is 23.2 Å². The van der Waals surface area contributed by atoms with Crippen molar-refractivity contribution in [2.75, 3.05) is 19.6 Å². The first-order chi connectivity index (χ1) is 21.9. The molecule has 1 saturated heterocycles. The van der Waals surface area contributed by atoms with Gasteiger partial charge in [0.2, 0.25) is 5.91 Å². The molecule has 246 valence electrons. The van der Waals surface area contributed by atoms with Crippen molar-refractivity contribution in [1.82, 2.24) is 9.80 Å². The molecule has 46 heavy (non-hydrogen) atoms. The monoisotopic (exact) mass is 668 g/mol. The van der Waals surface area contributed by atoms with Crippen molar-refractivity contribution in [2.24, 2.45) is 11.8 Å². The molecule has 5 aliphatic rings. The van der Waals surface area contributed by atoms with Crippen molar-refractivity contribution in [1.29, 1.82) is 0 Å². The lowest BCUT2D eigenvalue weighted by molar-refractivity contribution is -0.224. The molecule has 0 aromatic heterocycles. The lowest BCUT2D eigenvalue weighted by atomic mass is 9.48. The number of carbonyl (C=O) groups is 3. The molecule has 1 amide bonds. The second-order valence-corrected chi connectivity index (χ2v) is 15.2. The quantitative estimate of drug-likeness (QED) is 0.234. The predicted octanol–water partition coefficient (Wildman–Crippen LogP) is 6.15. The summed E-state index contributed by atoms with van der Waals surface area (Å²) in [7, 11) is 0. The van der Waals surface area contributed by atoms with Gasteiger partial charge in [-0.3, -0.25) is 19.3 Å². The number of esters is 2. The fourth-order valence-electron chi connectivity index (χ4n) is 9.18. The van der Waals surface area contributed by atoms with Gasteiger partial charge >= 0.3 is 11.9 Å². The number of nitrogens with zero attached hydrogens (tertiary/aromatic N) is 2. The van der Waals surface area contributed by atoms with Crippen molar-refractivity contribution in [3.05, 3.63) is 57.1 Å². The maximum Gasteiger partial charge on any atom is 0.308 e. The Balaban J connectivity index is 1.35.